The van der Waals surface area contributed by atoms with Crippen LogP contribution in [0.25, 0.3) is 0 Å². The van der Waals surface area contributed by atoms with Gasteiger partial charge in [-0.2, -0.15) is 0 Å². The number of amides is 1. The van der Waals surface area contributed by atoms with E-state index in [0.717, 1.165) is 12.8 Å². The van der Waals surface area contributed by atoms with Crippen molar-refractivity contribution in [1.82, 2.24) is 4.90 Å². The van der Waals surface area contributed by atoms with Gasteiger partial charge in [0.1, 0.15) is 5.69 Å². The number of rotatable bonds is 4. The summed E-state index contributed by atoms with van der Waals surface area (Å²) < 4.78 is 0. The molecule has 0 atom stereocenters. The number of nitrogens with zero attached hydrogens (tertiary/aromatic N) is 2. The van der Waals surface area contributed by atoms with Crippen LogP contribution in [0.1, 0.15) is 23.2 Å². The van der Waals surface area contributed by atoms with Crippen LogP contribution in [0.5, 0.6) is 0 Å². The lowest BCUT2D eigenvalue weighted by atomic mass is 10.1. The van der Waals surface area contributed by atoms with Gasteiger partial charge in [-0.05, 0) is 25.0 Å². The molecule has 1 saturated carbocycles. The summed E-state index contributed by atoms with van der Waals surface area (Å²) >= 11 is 0. The molecule has 0 spiro atoms. The molecule has 1 fully saturated rings. The molecule has 1 aromatic rings. The smallest absolute Gasteiger partial charge is 0.292 e. The van der Waals surface area contributed by atoms with E-state index >= 15 is 0 Å². The van der Waals surface area contributed by atoms with E-state index < -0.39 is 4.92 Å². The number of benzene rings is 1. The Kier molecular flexibility index (Phi) is 3.18. The minimum atomic E-state index is -0.436. The Balaban J connectivity index is 2.34. The average Bonchev–Trinajstić information content (AvgIpc) is 3.11. The maximum absolute atomic E-state index is 11.8. The Morgan fingerprint density at radius 3 is 2.61 bits per heavy atom. The topological polar surface area (TPSA) is 75.5 Å². The second-order valence-corrected chi connectivity index (χ2v) is 4.61. The van der Waals surface area contributed by atoms with E-state index in [1.54, 1.807) is 20.2 Å². The van der Waals surface area contributed by atoms with Crippen LogP contribution in [0.3, 0.4) is 0 Å². The van der Waals surface area contributed by atoms with E-state index in [4.69, 9.17) is 0 Å². The molecule has 0 saturated heterocycles. The van der Waals surface area contributed by atoms with E-state index in [9.17, 15) is 14.9 Å². The molecule has 1 aliphatic carbocycles. The summed E-state index contributed by atoms with van der Waals surface area (Å²) in [6.07, 6.45) is 2.03. The Hall–Kier alpha value is -2.11. The van der Waals surface area contributed by atoms with Gasteiger partial charge in [0, 0.05) is 31.8 Å². The zero-order chi connectivity index (χ0) is 13.3. The Morgan fingerprint density at radius 2 is 2.11 bits per heavy atom. The van der Waals surface area contributed by atoms with Crippen molar-refractivity contribution in [2.24, 2.45) is 0 Å². The van der Waals surface area contributed by atoms with Gasteiger partial charge in [0.2, 0.25) is 0 Å². The number of hydrogen-bond donors (Lipinski definition) is 1. The van der Waals surface area contributed by atoms with Crippen LogP contribution in [0.2, 0.25) is 0 Å². The van der Waals surface area contributed by atoms with Crippen molar-refractivity contribution in [2.75, 3.05) is 19.4 Å². The quantitative estimate of drug-likeness (QED) is 0.653. The highest BCUT2D eigenvalue weighted by atomic mass is 16.6. The number of nitro groups is 1. The number of nitrogens with one attached hydrogen (secondary N) is 1. The van der Waals surface area contributed by atoms with Crippen molar-refractivity contribution >= 4 is 17.3 Å². The van der Waals surface area contributed by atoms with Gasteiger partial charge < -0.3 is 10.2 Å². The summed E-state index contributed by atoms with van der Waals surface area (Å²) in [4.78, 5) is 23.7. The second-order valence-electron chi connectivity index (χ2n) is 4.61. The van der Waals surface area contributed by atoms with Crippen molar-refractivity contribution in [3.8, 4) is 0 Å². The van der Waals surface area contributed by atoms with Gasteiger partial charge in [0.15, 0.2) is 0 Å². The van der Waals surface area contributed by atoms with Crippen molar-refractivity contribution in [3.63, 3.8) is 0 Å². The van der Waals surface area contributed by atoms with E-state index in [0.29, 0.717) is 17.3 Å². The summed E-state index contributed by atoms with van der Waals surface area (Å²) in [7, 11) is 3.30. The maximum Gasteiger partial charge on any atom is 0.292 e. The molecule has 1 N–H and O–H groups in total. The number of carbonyl (C=O) groups excluding carboxylic acids is 1. The molecular weight excluding hydrogens is 234 g/mol. The van der Waals surface area contributed by atoms with Crippen molar-refractivity contribution in [3.05, 3.63) is 33.9 Å². The molecular formula is C12H15N3O3. The molecule has 0 aromatic heterocycles. The fourth-order valence-corrected chi connectivity index (χ4v) is 1.65. The zero-order valence-corrected chi connectivity index (χ0v) is 10.3. The predicted octanol–water partition coefficient (Wildman–Crippen LogP) is 1.87. The summed E-state index contributed by atoms with van der Waals surface area (Å²) in [6, 6.07) is 4.71. The molecule has 1 aromatic carbocycles. The first-order valence-electron chi connectivity index (χ1n) is 5.75. The Morgan fingerprint density at radius 1 is 1.44 bits per heavy atom. The van der Waals surface area contributed by atoms with Crippen LogP contribution in [0.15, 0.2) is 18.2 Å². The van der Waals surface area contributed by atoms with Gasteiger partial charge in [0.05, 0.1) is 4.92 Å². The minimum Gasteiger partial charge on any atom is -0.377 e. The Bertz CT molecular complexity index is 495. The van der Waals surface area contributed by atoms with Crippen LogP contribution < -0.4 is 5.32 Å². The lowest BCUT2D eigenvalue weighted by Crippen LogP contribution is -2.21. The molecule has 1 aliphatic rings. The third-order valence-corrected chi connectivity index (χ3v) is 2.78. The van der Waals surface area contributed by atoms with Crippen LogP contribution in [-0.4, -0.2) is 35.9 Å². The summed E-state index contributed by atoms with van der Waals surface area (Å²) in [5.41, 5.74) is 0.890. The van der Waals surface area contributed by atoms with E-state index in [1.807, 2.05) is 0 Å². The van der Waals surface area contributed by atoms with Gasteiger partial charge in [-0.1, -0.05) is 0 Å². The van der Waals surface area contributed by atoms with Gasteiger partial charge in [-0.25, -0.2) is 0 Å². The van der Waals surface area contributed by atoms with E-state index in [1.165, 1.54) is 17.0 Å². The number of carbonyl (C=O) groups is 1. The molecule has 0 heterocycles. The van der Waals surface area contributed by atoms with Crippen LogP contribution in [0.4, 0.5) is 11.4 Å². The molecule has 0 aliphatic heterocycles. The third-order valence-electron chi connectivity index (χ3n) is 2.78. The normalized spacial score (nSPS) is 14.1. The summed E-state index contributed by atoms with van der Waals surface area (Å²) in [6.45, 7) is 0. The minimum absolute atomic E-state index is 0.0113. The lowest BCUT2D eigenvalue weighted by molar-refractivity contribution is -0.384. The molecule has 0 unspecified atom stereocenters. The molecule has 96 valence electrons. The van der Waals surface area contributed by atoms with Crippen molar-refractivity contribution in [1.29, 1.82) is 0 Å². The van der Waals surface area contributed by atoms with Crippen molar-refractivity contribution < 1.29 is 9.72 Å². The van der Waals surface area contributed by atoms with Gasteiger partial charge >= 0.3 is 0 Å². The van der Waals surface area contributed by atoms with Crippen LogP contribution >= 0.6 is 0 Å². The maximum atomic E-state index is 11.8. The predicted molar refractivity (Wildman–Crippen MR) is 67.8 cm³/mol. The standard InChI is InChI=1S/C12H15N3O3/c1-14(2)12(16)8-3-6-11(15(17)18)10(7-8)13-9-4-5-9/h3,6-7,9,13H,4-5H2,1-2H3. The second kappa shape index (κ2) is 4.64. The third kappa shape index (κ3) is 2.58. The first kappa shape index (κ1) is 12.3. The fourth-order valence-electron chi connectivity index (χ4n) is 1.65. The lowest BCUT2D eigenvalue weighted by Gasteiger charge is -2.12. The molecule has 6 nitrogen and oxygen atoms in total. The monoisotopic (exact) mass is 249 g/mol. The number of anilines is 1. The largest absolute Gasteiger partial charge is 0.377 e. The molecule has 18 heavy (non-hydrogen) atoms. The van der Waals surface area contributed by atoms with Gasteiger partial charge in [0.25, 0.3) is 11.6 Å². The van der Waals surface area contributed by atoms with E-state index in [2.05, 4.69) is 5.32 Å². The highest BCUT2D eigenvalue weighted by molar-refractivity contribution is 5.95. The molecule has 6 heteroatoms. The number of nitro benzene ring substituents is 1. The first-order valence-corrected chi connectivity index (χ1v) is 5.75. The van der Waals surface area contributed by atoms with Crippen LogP contribution in [-0.2, 0) is 0 Å². The molecule has 0 bridgehead atoms. The van der Waals surface area contributed by atoms with Gasteiger partial charge in [-0.3, -0.25) is 14.9 Å². The van der Waals surface area contributed by atoms with Crippen molar-refractivity contribution in [2.45, 2.75) is 18.9 Å². The first-order chi connectivity index (χ1) is 8.49. The zero-order valence-electron chi connectivity index (χ0n) is 10.3. The van der Waals surface area contributed by atoms with E-state index in [-0.39, 0.29) is 11.6 Å². The summed E-state index contributed by atoms with van der Waals surface area (Å²) in [5.74, 6) is -0.163. The Labute approximate surface area is 105 Å². The molecule has 1 amide bonds. The summed E-state index contributed by atoms with van der Waals surface area (Å²) in [5, 5.41) is 14.0. The molecule has 2 rings (SSSR count). The average molecular weight is 249 g/mol. The highest BCUT2D eigenvalue weighted by Gasteiger charge is 2.25. The number of hydrogen-bond acceptors (Lipinski definition) is 4. The van der Waals surface area contributed by atoms with Crippen LogP contribution in [0, 0.1) is 10.1 Å². The highest BCUT2D eigenvalue weighted by Crippen LogP contribution is 2.31. The molecule has 0 radical (unpaired) electrons. The SMILES string of the molecule is CN(C)C(=O)c1ccc([N+](=O)[O-])c(NC2CC2)c1. The van der Waals surface area contributed by atoms with Gasteiger partial charge in [-0.15, -0.1) is 0 Å². The fraction of sp³-hybridized carbons (Fsp3) is 0.417.